The van der Waals surface area contributed by atoms with Gasteiger partial charge in [-0.3, -0.25) is 4.79 Å². The Morgan fingerprint density at radius 1 is 1.50 bits per heavy atom. The van der Waals surface area contributed by atoms with Crippen molar-refractivity contribution in [3.05, 3.63) is 0 Å². The van der Waals surface area contributed by atoms with Crippen molar-refractivity contribution < 1.29 is 4.79 Å². The van der Waals surface area contributed by atoms with Crippen LogP contribution in [0.5, 0.6) is 0 Å². The second kappa shape index (κ2) is 4.38. The van der Waals surface area contributed by atoms with Crippen LogP contribution >= 0.6 is 0 Å². The molecular weight excluding hydrogens is 208 g/mol. The van der Waals surface area contributed by atoms with E-state index in [2.05, 4.69) is 25.8 Å². The van der Waals surface area contributed by atoms with Crippen molar-refractivity contribution in [1.29, 1.82) is 0 Å². The van der Waals surface area contributed by atoms with Crippen molar-refractivity contribution in [3.63, 3.8) is 0 Å². The summed E-state index contributed by atoms with van der Waals surface area (Å²) in [5.74, 6) is 0.413. The SMILES string of the molecule is CC(Nc1n[nH]c(N)n1)C(=O)NC(C)(C)C. The number of hydrogen-bond acceptors (Lipinski definition) is 5. The maximum Gasteiger partial charge on any atom is 0.244 e. The molecule has 7 nitrogen and oxygen atoms in total. The van der Waals surface area contributed by atoms with Gasteiger partial charge in [0.2, 0.25) is 17.8 Å². The molecule has 0 bridgehead atoms. The molecule has 16 heavy (non-hydrogen) atoms. The van der Waals surface area contributed by atoms with Crippen molar-refractivity contribution in [3.8, 4) is 0 Å². The van der Waals surface area contributed by atoms with E-state index in [0.717, 1.165) is 0 Å². The first-order chi connectivity index (χ1) is 7.28. The number of nitrogens with one attached hydrogen (secondary N) is 3. The molecule has 1 aromatic heterocycles. The molecule has 1 amide bonds. The number of amides is 1. The monoisotopic (exact) mass is 226 g/mol. The van der Waals surface area contributed by atoms with Gasteiger partial charge in [-0.15, -0.1) is 5.10 Å². The summed E-state index contributed by atoms with van der Waals surface area (Å²) in [5.41, 5.74) is 5.10. The number of H-pyrrole nitrogens is 1. The predicted octanol–water partition coefficient (Wildman–Crippen LogP) is 0.102. The fourth-order valence-electron chi connectivity index (χ4n) is 1.08. The van der Waals surface area contributed by atoms with Gasteiger partial charge in [-0.25, -0.2) is 5.10 Å². The number of carbonyl (C=O) groups is 1. The summed E-state index contributed by atoms with van der Waals surface area (Å²) in [5, 5.41) is 12.0. The van der Waals surface area contributed by atoms with Crippen LogP contribution in [0.1, 0.15) is 27.7 Å². The van der Waals surface area contributed by atoms with Crippen molar-refractivity contribution in [2.24, 2.45) is 0 Å². The van der Waals surface area contributed by atoms with Gasteiger partial charge in [-0.05, 0) is 27.7 Å². The Kier molecular flexibility index (Phi) is 3.36. The maximum atomic E-state index is 11.7. The quantitative estimate of drug-likeness (QED) is 0.584. The summed E-state index contributed by atoms with van der Waals surface area (Å²) >= 11 is 0. The van der Waals surface area contributed by atoms with Crippen LogP contribution in [0, 0.1) is 0 Å². The minimum Gasteiger partial charge on any atom is -0.368 e. The minimum absolute atomic E-state index is 0.115. The highest BCUT2D eigenvalue weighted by Gasteiger charge is 2.19. The van der Waals surface area contributed by atoms with Crippen LogP contribution < -0.4 is 16.4 Å². The minimum atomic E-state index is -0.422. The van der Waals surface area contributed by atoms with Crippen LogP contribution in [-0.2, 0) is 4.79 Å². The molecule has 0 aliphatic carbocycles. The lowest BCUT2D eigenvalue weighted by Gasteiger charge is -2.23. The third-order valence-electron chi connectivity index (χ3n) is 1.74. The number of nitrogens with zero attached hydrogens (tertiary/aromatic N) is 2. The Labute approximate surface area is 94.2 Å². The number of rotatable bonds is 3. The standard InChI is InChI=1S/C9H18N6O/c1-5(6(16)13-9(2,3)4)11-8-12-7(10)14-15-8/h5H,1-4H3,(H,13,16)(H4,10,11,12,14,15). The zero-order valence-corrected chi connectivity index (χ0v) is 9.96. The number of aromatic amines is 1. The molecule has 0 fully saturated rings. The van der Waals surface area contributed by atoms with Crippen molar-refractivity contribution in [2.45, 2.75) is 39.3 Å². The number of nitrogens with two attached hydrogens (primary N) is 1. The summed E-state index contributed by atoms with van der Waals surface area (Å²) in [4.78, 5) is 15.5. The summed E-state index contributed by atoms with van der Waals surface area (Å²) in [6.45, 7) is 7.49. The van der Waals surface area contributed by atoms with Crippen LogP contribution in [-0.4, -0.2) is 32.7 Å². The van der Waals surface area contributed by atoms with Gasteiger partial charge in [0, 0.05) is 5.54 Å². The van der Waals surface area contributed by atoms with Crippen molar-refractivity contribution in [1.82, 2.24) is 20.5 Å². The molecule has 1 aromatic rings. The fourth-order valence-corrected chi connectivity index (χ4v) is 1.08. The molecule has 1 atom stereocenters. The van der Waals surface area contributed by atoms with E-state index in [1.807, 2.05) is 20.8 Å². The first kappa shape index (κ1) is 12.3. The zero-order chi connectivity index (χ0) is 12.3. The van der Waals surface area contributed by atoms with Crippen LogP contribution in [0.25, 0.3) is 0 Å². The van der Waals surface area contributed by atoms with Gasteiger partial charge in [0.1, 0.15) is 6.04 Å². The predicted molar refractivity (Wildman–Crippen MR) is 61.8 cm³/mol. The second-order valence-corrected chi connectivity index (χ2v) is 4.65. The average molecular weight is 226 g/mol. The van der Waals surface area contributed by atoms with E-state index in [0.29, 0.717) is 5.95 Å². The van der Waals surface area contributed by atoms with Gasteiger partial charge in [0.15, 0.2) is 0 Å². The average Bonchev–Trinajstić information content (AvgIpc) is 2.48. The maximum absolute atomic E-state index is 11.7. The van der Waals surface area contributed by atoms with E-state index in [9.17, 15) is 4.79 Å². The topological polar surface area (TPSA) is 109 Å². The van der Waals surface area contributed by atoms with Crippen LogP contribution in [0.2, 0.25) is 0 Å². The highest BCUT2D eigenvalue weighted by atomic mass is 16.2. The van der Waals surface area contributed by atoms with Gasteiger partial charge in [-0.2, -0.15) is 4.98 Å². The van der Waals surface area contributed by atoms with Gasteiger partial charge >= 0.3 is 0 Å². The highest BCUT2D eigenvalue weighted by molar-refractivity contribution is 5.84. The fraction of sp³-hybridized carbons (Fsp3) is 0.667. The molecule has 0 aliphatic rings. The first-order valence-electron chi connectivity index (χ1n) is 5.04. The number of anilines is 2. The Hall–Kier alpha value is -1.79. The molecule has 0 aliphatic heterocycles. The Bertz CT molecular complexity index is 366. The molecule has 0 saturated carbocycles. The van der Waals surface area contributed by atoms with E-state index < -0.39 is 6.04 Å². The number of nitrogen functional groups attached to an aromatic ring is 1. The highest BCUT2D eigenvalue weighted by Crippen LogP contribution is 2.04. The molecule has 90 valence electrons. The lowest BCUT2D eigenvalue weighted by molar-refractivity contribution is -0.122. The summed E-state index contributed by atoms with van der Waals surface area (Å²) in [6.07, 6.45) is 0. The molecule has 7 heteroatoms. The third-order valence-corrected chi connectivity index (χ3v) is 1.74. The second-order valence-electron chi connectivity index (χ2n) is 4.65. The Morgan fingerprint density at radius 3 is 2.56 bits per heavy atom. The van der Waals surface area contributed by atoms with E-state index in [1.54, 1.807) is 6.92 Å². The zero-order valence-electron chi connectivity index (χ0n) is 9.96. The summed E-state index contributed by atoms with van der Waals surface area (Å²) < 4.78 is 0. The Morgan fingerprint density at radius 2 is 2.12 bits per heavy atom. The molecule has 1 heterocycles. The smallest absolute Gasteiger partial charge is 0.244 e. The van der Waals surface area contributed by atoms with Crippen molar-refractivity contribution in [2.75, 3.05) is 11.1 Å². The summed E-state index contributed by atoms with van der Waals surface area (Å²) in [7, 11) is 0. The molecule has 0 spiro atoms. The van der Waals surface area contributed by atoms with Crippen LogP contribution in [0.3, 0.4) is 0 Å². The molecule has 0 saturated heterocycles. The molecule has 1 rings (SSSR count). The normalized spacial score (nSPS) is 13.2. The molecule has 0 radical (unpaired) electrons. The lowest BCUT2D eigenvalue weighted by Crippen LogP contribution is -2.47. The van der Waals surface area contributed by atoms with Crippen molar-refractivity contribution >= 4 is 17.8 Å². The largest absolute Gasteiger partial charge is 0.368 e. The van der Waals surface area contributed by atoms with E-state index in [-0.39, 0.29) is 17.4 Å². The first-order valence-corrected chi connectivity index (χ1v) is 5.04. The Balaban J connectivity index is 2.52. The molecular formula is C9H18N6O. The van der Waals surface area contributed by atoms with Gasteiger partial charge in [0.05, 0.1) is 0 Å². The lowest BCUT2D eigenvalue weighted by atomic mass is 10.1. The van der Waals surface area contributed by atoms with Gasteiger partial charge < -0.3 is 16.4 Å². The molecule has 5 N–H and O–H groups in total. The van der Waals surface area contributed by atoms with Crippen LogP contribution in [0.4, 0.5) is 11.9 Å². The van der Waals surface area contributed by atoms with E-state index in [4.69, 9.17) is 5.73 Å². The molecule has 0 aromatic carbocycles. The number of hydrogen-bond donors (Lipinski definition) is 4. The number of aromatic nitrogens is 3. The van der Waals surface area contributed by atoms with E-state index >= 15 is 0 Å². The third kappa shape index (κ3) is 3.76. The van der Waals surface area contributed by atoms with Gasteiger partial charge in [-0.1, -0.05) is 0 Å². The van der Waals surface area contributed by atoms with Crippen LogP contribution in [0.15, 0.2) is 0 Å². The van der Waals surface area contributed by atoms with E-state index in [1.165, 1.54) is 0 Å². The van der Waals surface area contributed by atoms with Gasteiger partial charge in [0.25, 0.3) is 0 Å². The summed E-state index contributed by atoms with van der Waals surface area (Å²) in [6, 6.07) is -0.422. The number of carbonyl (C=O) groups excluding carboxylic acids is 1. The molecule has 1 unspecified atom stereocenters.